The van der Waals surface area contributed by atoms with Crippen LogP contribution in [0.2, 0.25) is 0 Å². The van der Waals surface area contributed by atoms with Gasteiger partial charge in [0.15, 0.2) is 5.82 Å². The summed E-state index contributed by atoms with van der Waals surface area (Å²) in [4.78, 5) is 12.8. The zero-order valence-electron chi connectivity index (χ0n) is 21.6. The summed E-state index contributed by atoms with van der Waals surface area (Å²) in [5.74, 6) is -0.709. The van der Waals surface area contributed by atoms with Crippen molar-refractivity contribution in [3.05, 3.63) is 65.7 Å². The van der Waals surface area contributed by atoms with Gasteiger partial charge in [0.05, 0.1) is 28.8 Å². The molecule has 0 aliphatic heterocycles. The maximum absolute atomic E-state index is 13.8. The highest BCUT2D eigenvalue weighted by Gasteiger charge is 2.64. The van der Waals surface area contributed by atoms with Gasteiger partial charge in [-0.05, 0) is 60.9 Å². The molecule has 1 aliphatic carbocycles. The van der Waals surface area contributed by atoms with E-state index in [1.54, 1.807) is 0 Å². The number of hydrogen-bond acceptors (Lipinski definition) is 8. The van der Waals surface area contributed by atoms with E-state index in [1.165, 1.54) is 42.5 Å². The molecular weight excluding hydrogens is 590 g/mol. The second kappa shape index (κ2) is 10.3. The van der Waals surface area contributed by atoms with Gasteiger partial charge in [-0.1, -0.05) is 12.1 Å². The molecule has 0 saturated heterocycles. The van der Waals surface area contributed by atoms with E-state index in [2.05, 4.69) is 25.6 Å². The molecule has 0 spiro atoms. The number of nitrogens with zero attached hydrogens (tertiary/aromatic N) is 3. The first-order valence-corrected chi connectivity index (χ1v) is 13.8. The molecule has 42 heavy (non-hydrogen) atoms. The van der Waals surface area contributed by atoms with Crippen LogP contribution in [0.25, 0.3) is 22.3 Å². The summed E-state index contributed by atoms with van der Waals surface area (Å²) in [6.45, 7) is 0.0812. The summed E-state index contributed by atoms with van der Waals surface area (Å²) in [5.41, 5.74) is -2.50. The van der Waals surface area contributed by atoms with Gasteiger partial charge < -0.3 is 15.4 Å². The van der Waals surface area contributed by atoms with E-state index < -0.39 is 39.2 Å². The zero-order valence-corrected chi connectivity index (χ0v) is 22.5. The number of nitrogens with two attached hydrogens (primary N) is 1. The quantitative estimate of drug-likeness (QED) is 0.223. The third kappa shape index (κ3) is 5.90. The summed E-state index contributed by atoms with van der Waals surface area (Å²) in [7, 11) is -2.79. The van der Waals surface area contributed by atoms with Gasteiger partial charge in [0.2, 0.25) is 16.0 Å². The van der Waals surface area contributed by atoms with Crippen LogP contribution in [0.4, 0.5) is 38.1 Å². The average Bonchev–Trinajstić information content (AvgIpc) is 3.72. The molecule has 0 amide bonds. The SMILES string of the molecule is COc1ccc(-c2ccc3nc(NCc4ccc(S(N)(=O)=O)cc4)nc(NC4(C(F)(F)F)CC4)c3n2)cc1C(F)(F)F. The molecule has 1 saturated carbocycles. The van der Waals surface area contributed by atoms with Crippen LogP contribution in [0, 0.1) is 0 Å². The van der Waals surface area contributed by atoms with Gasteiger partial charge in [-0.25, -0.2) is 23.5 Å². The van der Waals surface area contributed by atoms with Gasteiger partial charge in [0, 0.05) is 12.1 Å². The molecule has 1 aliphatic rings. The first-order valence-electron chi connectivity index (χ1n) is 12.2. The van der Waals surface area contributed by atoms with E-state index in [9.17, 15) is 34.8 Å². The van der Waals surface area contributed by atoms with E-state index in [1.807, 2.05) is 0 Å². The molecule has 5 rings (SSSR count). The lowest BCUT2D eigenvalue weighted by Crippen LogP contribution is -2.39. The van der Waals surface area contributed by atoms with Gasteiger partial charge in [-0.3, -0.25) is 0 Å². The summed E-state index contributed by atoms with van der Waals surface area (Å²) in [6, 6.07) is 11.7. The first-order chi connectivity index (χ1) is 19.6. The molecule has 9 nitrogen and oxygen atoms in total. The normalized spacial score (nSPS) is 15.0. The van der Waals surface area contributed by atoms with Crippen LogP contribution in [-0.2, 0) is 22.7 Å². The lowest BCUT2D eigenvalue weighted by atomic mass is 10.1. The minimum absolute atomic E-state index is 0.0508. The lowest BCUT2D eigenvalue weighted by Gasteiger charge is -2.22. The van der Waals surface area contributed by atoms with Crippen molar-refractivity contribution in [3.8, 4) is 17.0 Å². The Labute approximate surface area is 235 Å². The molecule has 0 bridgehead atoms. The third-order valence-electron chi connectivity index (χ3n) is 6.70. The standard InChI is InChI=1S/C26H22F6N6O3S/c1-41-20-9-4-15(12-17(20)25(27,28)29)18-7-8-19-21(35-18)22(38-24(10-11-24)26(30,31)32)37-23(36-19)34-13-14-2-5-16(6-3-14)42(33,39)40/h2-9,12H,10-11,13H2,1H3,(H2,33,39,40)(H2,34,36,37,38). The number of benzene rings is 2. The fraction of sp³-hybridized carbons (Fsp3) is 0.269. The van der Waals surface area contributed by atoms with Crippen molar-refractivity contribution in [3.63, 3.8) is 0 Å². The fourth-order valence-electron chi connectivity index (χ4n) is 4.24. The number of hydrogen-bond donors (Lipinski definition) is 3. The first kappa shape index (κ1) is 29.3. The van der Waals surface area contributed by atoms with Gasteiger partial charge in [-0.15, -0.1) is 0 Å². The van der Waals surface area contributed by atoms with Gasteiger partial charge in [0.25, 0.3) is 0 Å². The van der Waals surface area contributed by atoms with E-state index in [4.69, 9.17) is 9.88 Å². The van der Waals surface area contributed by atoms with Gasteiger partial charge in [-0.2, -0.15) is 31.3 Å². The van der Waals surface area contributed by atoms with Crippen molar-refractivity contribution >= 4 is 32.8 Å². The van der Waals surface area contributed by atoms with Crippen LogP contribution in [0.3, 0.4) is 0 Å². The topological polar surface area (TPSA) is 132 Å². The molecule has 2 heterocycles. The van der Waals surface area contributed by atoms with E-state index >= 15 is 0 Å². The molecule has 0 unspecified atom stereocenters. The van der Waals surface area contributed by atoms with Crippen molar-refractivity contribution in [2.24, 2.45) is 5.14 Å². The summed E-state index contributed by atoms with van der Waals surface area (Å²) in [6.07, 6.45) is -9.72. The third-order valence-corrected chi connectivity index (χ3v) is 7.63. The van der Waals surface area contributed by atoms with Crippen molar-refractivity contribution in [2.75, 3.05) is 17.7 Å². The fourth-order valence-corrected chi connectivity index (χ4v) is 4.75. The largest absolute Gasteiger partial charge is 0.496 e. The number of anilines is 2. The Morgan fingerprint density at radius 2 is 1.64 bits per heavy atom. The molecule has 4 N–H and O–H groups in total. The molecule has 1 fully saturated rings. The van der Waals surface area contributed by atoms with E-state index in [0.29, 0.717) is 5.56 Å². The number of primary sulfonamides is 1. The Hall–Kier alpha value is -4.18. The summed E-state index contributed by atoms with van der Waals surface area (Å²) in [5, 5.41) is 10.4. The van der Waals surface area contributed by atoms with Gasteiger partial charge in [0.1, 0.15) is 16.8 Å². The summed E-state index contributed by atoms with van der Waals surface area (Å²) >= 11 is 0. The number of sulfonamides is 1. The second-order valence-electron chi connectivity index (χ2n) is 9.62. The van der Waals surface area contributed by atoms with Crippen LogP contribution >= 0.6 is 0 Å². The van der Waals surface area contributed by atoms with Crippen LogP contribution < -0.4 is 20.5 Å². The Kier molecular flexibility index (Phi) is 7.17. The Morgan fingerprint density at radius 1 is 0.952 bits per heavy atom. The van der Waals surface area contributed by atoms with E-state index in [0.717, 1.165) is 19.2 Å². The van der Waals surface area contributed by atoms with Crippen molar-refractivity contribution in [2.45, 2.75) is 42.2 Å². The maximum atomic E-state index is 13.8. The highest BCUT2D eigenvalue weighted by Crippen LogP contribution is 2.51. The van der Waals surface area contributed by atoms with Crippen LogP contribution in [0.5, 0.6) is 5.75 Å². The van der Waals surface area contributed by atoms with Gasteiger partial charge >= 0.3 is 12.4 Å². The highest BCUT2D eigenvalue weighted by molar-refractivity contribution is 7.89. The maximum Gasteiger partial charge on any atom is 0.419 e. The highest BCUT2D eigenvalue weighted by atomic mass is 32.2. The molecule has 222 valence electrons. The Bertz CT molecular complexity index is 1760. The predicted octanol–water partition coefficient (Wildman–Crippen LogP) is 5.49. The van der Waals surface area contributed by atoms with E-state index in [-0.39, 0.29) is 58.3 Å². The average molecular weight is 613 g/mol. The second-order valence-corrected chi connectivity index (χ2v) is 11.2. The number of aromatic nitrogens is 3. The summed E-state index contributed by atoms with van der Waals surface area (Å²) < 4.78 is 110. The number of rotatable bonds is 8. The monoisotopic (exact) mass is 612 g/mol. The molecule has 0 atom stereocenters. The number of alkyl halides is 6. The molecule has 4 aromatic rings. The van der Waals surface area contributed by atoms with Crippen molar-refractivity contribution in [1.82, 2.24) is 15.0 Å². The number of fused-ring (bicyclic) bond motifs is 1. The zero-order chi connectivity index (χ0) is 30.5. The minimum Gasteiger partial charge on any atom is -0.496 e. The molecule has 0 radical (unpaired) electrons. The molecule has 2 aromatic heterocycles. The van der Waals surface area contributed by atoms with Crippen LogP contribution in [-0.4, -0.2) is 42.2 Å². The Balaban J connectivity index is 1.53. The number of ether oxygens (including phenoxy) is 1. The van der Waals surface area contributed by atoms with Crippen molar-refractivity contribution in [1.29, 1.82) is 0 Å². The predicted molar refractivity (Wildman–Crippen MR) is 141 cm³/mol. The lowest BCUT2D eigenvalue weighted by molar-refractivity contribution is -0.151. The molecular formula is C26H22F6N6O3S. The number of nitrogens with one attached hydrogen (secondary N) is 2. The number of methoxy groups -OCH3 is 1. The number of halogens is 6. The molecule has 2 aromatic carbocycles. The smallest absolute Gasteiger partial charge is 0.419 e. The number of pyridine rings is 1. The Morgan fingerprint density at radius 3 is 2.21 bits per heavy atom. The molecule has 16 heteroatoms. The minimum atomic E-state index is -4.72. The van der Waals surface area contributed by atoms with Crippen molar-refractivity contribution < 1.29 is 39.5 Å². The van der Waals surface area contributed by atoms with Crippen LogP contribution in [0.15, 0.2) is 59.5 Å². The van der Waals surface area contributed by atoms with Crippen LogP contribution in [0.1, 0.15) is 24.0 Å².